The molecule has 9 heteroatoms. The summed E-state index contributed by atoms with van der Waals surface area (Å²) in [5.41, 5.74) is 2.99. The highest BCUT2D eigenvalue weighted by Gasteiger charge is 2.16. The maximum Gasteiger partial charge on any atom is 0.412 e. The maximum absolute atomic E-state index is 12.0. The number of hydrogen-bond acceptors (Lipinski definition) is 6. The Labute approximate surface area is 191 Å². The van der Waals surface area contributed by atoms with Gasteiger partial charge in [0.15, 0.2) is 5.82 Å². The molecule has 1 amide bonds. The monoisotopic (exact) mass is 459 g/mol. The molecule has 7 nitrogen and oxygen atoms in total. The summed E-state index contributed by atoms with van der Waals surface area (Å²) in [4.78, 5) is 24.1. The Morgan fingerprint density at radius 2 is 1.77 bits per heavy atom. The lowest BCUT2D eigenvalue weighted by atomic mass is 10.0. The summed E-state index contributed by atoms with van der Waals surface area (Å²) >= 11 is 12.0. The van der Waals surface area contributed by atoms with Gasteiger partial charge in [-0.2, -0.15) is 4.98 Å². The summed E-state index contributed by atoms with van der Waals surface area (Å²) in [6.45, 7) is 5.45. The second-order valence-corrected chi connectivity index (χ2v) is 8.61. The topological polar surface area (TPSA) is 89.0 Å². The first-order chi connectivity index (χ1) is 14.7. The second-order valence-electron chi connectivity index (χ2n) is 7.87. The maximum atomic E-state index is 12.0. The lowest BCUT2D eigenvalue weighted by molar-refractivity contribution is 0.0636. The van der Waals surface area contributed by atoms with Crippen LogP contribution in [0.2, 0.25) is 10.3 Å². The van der Waals surface area contributed by atoms with E-state index in [4.69, 9.17) is 27.9 Å². The van der Waals surface area contributed by atoms with Crippen molar-refractivity contribution < 1.29 is 9.53 Å². The van der Waals surface area contributed by atoms with E-state index in [1.807, 2.05) is 51.1 Å². The van der Waals surface area contributed by atoms with Gasteiger partial charge in [-0.15, -0.1) is 0 Å². The molecule has 0 aliphatic carbocycles. The number of halogens is 2. The van der Waals surface area contributed by atoms with Crippen LogP contribution in [0.15, 0.2) is 48.9 Å². The van der Waals surface area contributed by atoms with Gasteiger partial charge in [0.25, 0.3) is 0 Å². The number of benzene rings is 1. The quantitative estimate of drug-likeness (QED) is 0.435. The number of nitrogens with zero attached hydrogens (tertiary/aromatic N) is 3. The smallest absolute Gasteiger partial charge is 0.412 e. The van der Waals surface area contributed by atoms with Crippen molar-refractivity contribution in [1.29, 1.82) is 0 Å². The van der Waals surface area contributed by atoms with E-state index in [2.05, 4.69) is 25.6 Å². The number of anilines is 3. The molecule has 0 saturated carbocycles. The van der Waals surface area contributed by atoms with E-state index in [1.54, 1.807) is 12.4 Å². The Morgan fingerprint density at radius 3 is 2.55 bits per heavy atom. The number of pyridine rings is 1. The van der Waals surface area contributed by atoms with Crippen molar-refractivity contribution in [1.82, 2.24) is 15.0 Å². The van der Waals surface area contributed by atoms with Gasteiger partial charge in [-0.05, 0) is 74.5 Å². The molecular weight excluding hydrogens is 437 g/mol. The van der Waals surface area contributed by atoms with E-state index in [-0.39, 0.29) is 5.28 Å². The van der Waals surface area contributed by atoms with E-state index >= 15 is 0 Å². The predicted octanol–water partition coefficient (Wildman–Crippen LogP) is 6.05. The van der Waals surface area contributed by atoms with Crippen LogP contribution in [0.25, 0.3) is 0 Å². The number of nitrogens with one attached hydrogen (secondary N) is 2. The Bertz CT molecular complexity index is 1070. The molecule has 2 heterocycles. The summed E-state index contributed by atoms with van der Waals surface area (Å²) in [6.07, 6.45) is 5.85. The van der Waals surface area contributed by atoms with Gasteiger partial charge in [0.2, 0.25) is 5.28 Å². The molecule has 3 aromatic rings. The number of carbonyl (C=O) groups is 1. The van der Waals surface area contributed by atoms with E-state index in [1.165, 1.54) is 6.20 Å². The van der Waals surface area contributed by atoms with Crippen molar-refractivity contribution >= 4 is 46.5 Å². The van der Waals surface area contributed by atoms with Crippen LogP contribution in [0.1, 0.15) is 31.9 Å². The highest BCUT2D eigenvalue weighted by molar-refractivity contribution is 6.33. The minimum atomic E-state index is -0.560. The van der Waals surface area contributed by atoms with Gasteiger partial charge >= 0.3 is 6.09 Å². The molecule has 0 aliphatic rings. The Hall–Kier alpha value is -2.90. The van der Waals surface area contributed by atoms with Crippen molar-refractivity contribution in [2.75, 3.05) is 10.6 Å². The molecule has 31 heavy (non-hydrogen) atoms. The SMILES string of the molecule is CC(C)(C)OC(=O)Nc1cncc(CCc2cccc(Nc3nc(Cl)ncc3Cl)c2)c1. The molecule has 2 N–H and O–H groups in total. The Morgan fingerprint density at radius 1 is 1.03 bits per heavy atom. The Balaban J connectivity index is 1.62. The van der Waals surface area contributed by atoms with Crippen LogP contribution in [0.5, 0.6) is 0 Å². The third-order valence-corrected chi connectivity index (χ3v) is 4.51. The highest BCUT2D eigenvalue weighted by atomic mass is 35.5. The summed E-state index contributed by atoms with van der Waals surface area (Å²) in [6, 6.07) is 9.82. The van der Waals surface area contributed by atoms with Gasteiger partial charge in [0, 0.05) is 11.9 Å². The Kier molecular flexibility index (Phi) is 7.30. The fourth-order valence-corrected chi connectivity index (χ4v) is 3.05. The van der Waals surface area contributed by atoms with Gasteiger partial charge in [0.05, 0.1) is 18.1 Å². The minimum absolute atomic E-state index is 0.121. The van der Waals surface area contributed by atoms with Gasteiger partial charge in [-0.25, -0.2) is 9.78 Å². The largest absolute Gasteiger partial charge is 0.444 e. The van der Waals surface area contributed by atoms with Crippen LogP contribution < -0.4 is 10.6 Å². The molecule has 1 aromatic carbocycles. The van der Waals surface area contributed by atoms with Crippen LogP contribution in [-0.2, 0) is 17.6 Å². The summed E-state index contributed by atoms with van der Waals surface area (Å²) in [5.74, 6) is 0.448. The molecule has 3 rings (SSSR count). The van der Waals surface area contributed by atoms with Crippen molar-refractivity contribution in [3.63, 3.8) is 0 Å². The number of amides is 1. The van der Waals surface area contributed by atoms with Crippen LogP contribution in [0, 0.1) is 0 Å². The number of ether oxygens (including phenoxy) is 1. The molecule has 0 unspecified atom stereocenters. The second kappa shape index (κ2) is 9.94. The van der Waals surface area contributed by atoms with Crippen LogP contribution in [-0.4, -0.2) is 26.6 Å². The third-order valence-electron chi connectivity index (χ3n) is 4.05. The van der Waals surface area contributed by atoms with E-state index in [0.717, 1.165) is 29.7 Å². The lowest BCUT2D eigenvalue weighted by Gasteiger charge is -2.19. The molecular formula is C22H23Cl2N5O2. The van der Waals surface area contributed by atoms with Crippen molar-refractivity contribution in [3.8, 4) is 0 Å². The average molecular weight is 460 g/mol. The van der Waals surface area contributed by atoms with E-state index in [9.17, 15) is 4.79 Å². The zero-order valence-electron chi connectivity index (χ0n) is 17.4. The first kappa shape index (κ1) is 22.8. The van der Waals surface area contributed by atoms with Crippen molar-refractivity contribution in [3.05, 3.63) is 70.4 Å². The van der Waals surface area contributed by atoms with E-state index in [0.29, 0.717) is 16.5 Å². The molecule has 0 saturated heterocycles. The number of hydrogen-bond donors (Lipinski definition) is 2. The fraction of sp³-hybridized carbons (Fsp3) is 0.273. The van der Waals surface area contributed by atoms with Gasteiger partial charge in [0.1, 0.15) is 10.6 Å². The molecule has 0 fully saturated rings. The molecule has 0 radical (unpaired) electrons. The van der Waals surface area contributed by atoms with E-state index < -0.39 is 11.7 Å². The minimum Gasteiger partial charge on any atom is -0.444 e. The zero-order valence-corrected chi connectivity index (χ0v) is 19.0. The number of aromatic nitrogens is 3. The number of rotatable bonds is 6. The third kappa shape index (κ3) is 7.38. The van der Waals surface area contributed by atoms with Gasteiger partial charge in [-0.1, -0.05) is 23.7 Å². The van der Waals surface area contributed by atoms with Crippen LogP contribution in [0.3, 0.4) is 0 Å². The molecule has 0 bridgehead atoms. The lowest BCUT2D eigenvalue weighted by Crippen LogP contribution is -2.27. The first-order valence-corrected chi connectivity index (χ1v) is 10.4. The summed E-state index contributed by atoms with van der Waals surface area (Å²) in [7, 11) is 0. The number of carbonyl (C=O) groups excluding carboxylic acids is 1. The number of aryl methyl sites for hydroxylation is 2. The van der Waals surface area contributed by atoms with Crippen molar-refractivity contribution in [2.24, 2.45) is 0 Å². The summed E-state index contributed by atoms with van der Waals surface area (Å²) in [5, 5.41) is 6.38. The van der Waals surface area contributed by atoms with Gasteiger partial charge in [-0.3, -0.25) is 10.3 Å². The molecule has 0 spiro atoms. The normalized spacial score (nSPS) is 11.1. The summed E-state index contributed by atoms with van der Waals surface area (Å²) < 4.78 is 5.28. The standard InChI is InChI=1S/C22H23Cl2N5O2/c1-22(2,3)31-21(30)28-17-10-15(11-25-12-17)8-7-14-5-4-6-16(9-14)27-19-18(23)13-26-20(24)29-19/h4-6,9-13H,7-8H2,1-3H3,(H,28,30)(H,26,27,29). The predicted molar refractivity (Wildman–Crippen MR) is 123 cm³/mol. The van der Waals surface area contributed by atoms with Crippen LogP contribution >= 0.6 is 23.2 Å². The zero-order chi connectivity index (χ0) is 22.4. The highest BCUT2D eigenvalue weighted by Crippen LogP contribution is 2.24. The molecule has 2 aromatic heterocycles. The average Bonchev–Trinajstić information content (AvgIpc) is 2.68. The fourth-order valence-electron chi connectivity index (χ4n) is 2.78. The van der Waals surface area contributed by atoms with Crippen LogP contribution in [0.4, 0.5) is 22.0 Å². The van der Waals surface area contributed by atoms with Gasteiger partial charge < -0.3 is 10.1 Å². The molecule has 0 aliphatic heterocycles. The van der Waals surface area contributed by atoms with Crippen molar-refractivity contribution in [2.45, 2.75) is 39.2 Å². The molecule has 162 valence electrons. The molecule has 0 atom stereocenters. The first-order valence-electron chi connectivity index (χ1n) is 9.66.